The third-order valence-electron chi connectivity index (χ3n) is 8.47. The van der Waals surface area contributed by atoms with Crippen molar-refractivity contribution in [3.05, 3.63) is 110 Å². The van der Waals surface area contributed by atoms with E-state index in [2.05, 4.69) is 17.4 Å². The van der Waals surface area contributed by atoms with Gasteiger partial charge in [-0.05, 0) is 73.9 Å². The van der Waals surface area contributed by atoms with Crippen LogP contribution < -0.4 is 10.7 Å². The first-order chi connectivity index (χ1) is 22.2. The van der Waals surface area contributed by atoms with Crippen LogP contribution in [0.1, 0.15) is 65.3 Å². The van der Waals surface area contributed by atoms with Crippen molar-refractivity contribution in [3.63, 3.8) is 0 Å². The highest BCUT2D eigenvalue weighted by molar-refractivity contribution is 6.30. The smallest absolute Gasteiger partial charge is 0.287 e. The molecule has 0 unspecified atom stereocenters. The number of carbonyl (C=O) groups is 3. The number of aryl methyl sites for hydroxylation is 1. The number of hydrogen-bond donors (Lipinski definition) is 2. The second-order valence-corrected chi connectivity index (χ2v) is 12.2. The van der Waals surface area contributed by atoms with Crippen LogP contribution in [0.2, 0.25) is 5.02 Å². The Morgan fingerprint density at radius 1 is 0.957 bits per heavy atom. The molecule has 0 aliphatic carbocycles. The minimum absolute atomic E-state index is 0.0839. The predicted molar refractivity (Wildman–Crippen MR) is 177 cm³/mol. The standard InChI is InChI=1S/C29H31N3O6.C7H7Cl/c33-21-8-9-23-24(34)16-26(38-25(23)15-21)29(37)30-17-28(36)31-13-10-19(11-14-31)22-6-2-1-5-20(22)18-32-12-4-3-7-27(32)35;1-6-2-4-7(8)5-3-6/h1-2,5-6,8-9,15-16,19,33H,3-4,7,10-14,17-18H2,(H,30,37);2-5H,1H3. The van der Waals surface area contributed by atoms with E-state index in [9.17, 15) is 24.3 Å². The first-order valence-corrected chi connectivity index (χ1v) is 16.0. The summed E-state index contributed by atoms with van der Waals surface area (Å²) in [7, 11) is 0. The molecule has 2 aliphatic heterocycles. The van der Waals surface area contributed by atoms with Gasteiger partial charge in [-0.25, -0.2) is 0 Å². The molecule has 3 aromatic carbocycles. The quantitative estimate of drug-likeness (QED) is 0.274. The molecule has 0 atom stereocenters. The Balaban J connectivity index is 0.000000455. The van der Waals surface area contributed by atoms with Crippen molar-refractivity contribution in [2.24, 2.45) is 0 Å². The Morgan fingerprint density at radius 2 is 1.70 bits per heavy atom. The lowest BCUT2D eigenvalue weighted by molar-refractivity contribution is -0.134. The van der Waals surface area contributed by atoms with E-state index >= 15 is 0 Å². The van der Waals surface area contributed by atoms with Crippen LogP contribution in [-0.2, 0) is 16.1 Å². The van der Waals surface area contributed by atoms with Crippen LogP contribution >= 0.6 is 11.6 Å². The van der Waals surface area contributed by atoms with Gasteiger partial charge in [-0.2, -0.15) is 0 Å². The molecule has 0 bridgehead atoms. The minimum Gasteiger partial charge on any atom is -0.508 e. The van der Waals surface area contributed by atoms with Crippen molar-refractivity contribution >= 4 is 40.3 Å². The van der Waals surface area contributed by atoms with E-state index in [1.807, 2.05) is 48.2 Å². The lowest BCUT2D eigenvalue weighted by Crippen LogP contribution is -2.44. The summed E-state index contributed by atoms with van der Waals surface area (Å²) < 4.78 is 5.48. The summed E-state index contributed by atoms with van der Waals surface area (Å²) in [6.45, 7) is 4.40. The number of nitrogens with one attached hydrogen (secondary N) is 1. The average Bonchev–Trinajstić information content (AvgIpc) is 3.06. The summed E-state index contributed by atoms with van der Waals surface area (Å²) in [6, 6.07) is 21.2. The summed E-state index contributed by atoms with van der Waals surface area (Å²) >= 11 is 5.61. The SMILES string of the molecule is Cc1ccc(Cl)cc1.O=C(NCC(=O)N1CCC(c2ccccc2CN2CCCCC2=O)CC1)c1cc(=O)c2ccc(O)cc2o1. The van der Waals surface area contributed by atoms with Gasteiger partial charge in [0.2, 0.25) is 11.8 Å². The van der Waals surface area contributed by atoms with Gasteiger partial charge in [-0.15, -0.1) is 0 Å². The van der Waals surface area contributed by atoms with Gasteiger partial charge in [0.25, 0.3) is 5.91 Å². The molecular weight excluding hydrogens is 606 g/mol. The van der Waals surface area contributed by atoms with Crippen molar-refractivity contribution in [2.75, 3.05) is 26.2 Å². The number of aromatic hydroxyl groups is 1. The highest BCUT2D eigenvalue weighted by Gasteiger charge is 2.27. The molecular formula is C36H38ClN3O6. The zero-order valence-corrected chi connectivity index (χ0v) is 26.6. The van der Waals surface area contributed by atoms with E-state index in [-0.39, 0.29) is 40.8 Å². The van der Waals surface area contributed by atoms with Crippen molar-refractivity contribution in [3.8, 4) is 5.75 Å². The zero-order chi connectivity index (χ0) is 32.6. The van der Waals surface area contributed by atoms with Crippen LogP contribution in [0.4, 0.5) is 0 Å². The molecule has 2 fully saturated rings. The molecule has 3 amide bonds. The monoisotopic (exact) mass is 643 g/mol. The molecule has 10 heteroatoms. The van der Waals surface area contributed by atoms with Crippen LogP contribution in [0.25, 0.3) is 11.0 Å². The Hall–Kier alpha value is -4.63. The summed E-state index contributed by atoms with van der Waals surface area (Å²) in [5, 5.41) is 13.2. The lowest BCUT2D eigenvalue weighted by atomic mass is 9.86. The van der Waals surface area contributed by atoms with Crippen molar-refractivity contribution < 1.29 is 23.9 Å². The van der Waals surface area contributed by atoms with Gasteiger partial charge in [-0.1, -0.05) is 53.6 Å². The van der Waals surface area contributed by atoms with Crippen LogP contribution in [0.5, 0.6) is 5.75 Å². The zero-order valence-electron chi connectivity index (χ0n) is 25.8. The minimum atomic E-state index is -0.670. The molecule has 2 saturated heterocycles. The van der Waals surface area contributed by atoms with E-state index in [0.29, 0.717) is 32.0 Å². The van der Waals surface area contributed by atoms with Crippen molar-refractivity contribution in [2.45, 2.75) is 51.5 Å². The van der Waals surface area contributed by atoms with Gasteiger partial charge in [-0.3, -0.25) is 19.2 Å². The van der Waals surface area contributed by atoms with Gasteiger partial charge in [0, 0.05) is 49.8 Å². The number of carbonyl (C=O) groups excluding carboxylic acids is 3. The normalized spacial score (nSPS) is 15.3. The fraction of sp³-hybridized carbons (Fsp3) is 0.333. The number of likely N-dealkylation sites (tertiary alicyclic amines) is 2. The number of phenols is 1. The Morgan fingerprint density at radius 3 is 2.41 bits per heavy atom. The molecule has 46 heavy (non-hydrogen) atoms. The van der Waals surface area contributed by atoms with E-state index < -0.39 is 11.3 Å². The van der Waals surface area contributed by atoms with Gasteiger partial charge >= 0.3 is 0 Å². The summed E-state index contributed by atoms with van der Waals surface area (Å²) in [5.41, 5.74) is 3.35. The Kier molecular flexibility index (Phi) is 10.8. The topological polar surface area (TPSA) is 120 Å². The van der Waals surface area contributed by atoms with E-state index in [4.69, 9.17) is 16.0 Å². The third kappa shape index (κ3) is 8.34. The maximum atomic E-state index is 12.8. The number of hydrogen-bond acceptors (Lipinski definition) is 6. The number of piperidine rings is 2. The first-order valence-electron chi connectivity index (χ1n) is 15.6. The number of benzene rings is 3. The number of amides is 3. The van der Waals surface area contributed by atoms with Gasteiger partial charge in [0.05, 0.1) is 11.9 Å². The maximum Gasteiger partial charge on any atom is 0.287 e. The fourth-order valence-corrected chi connectivity index (χ4v) is 6.02. The molecule has 6 rings (SSSR count). The molecule has 0 saturated carbocycles. The van der Waals surface area contributed by atoms with Gasteiger partial charge < -0.3 is 24.6 Å². The van der Waals surface area contributed by atoms with Gasteiger partial charge in [0.15, 0.2) is 11.2 Å². The van der Waals surface area contributed by atoms with E-state index in [0.717, 1.165) is 43.3 Å². The number of rotatable bonds is 6. The summed E-state index contributed by atoms with van der Waals surface area (Å²) in [4.78, 5) is 53.7. The molecule has 2 aliphatic rings. The number of nitrogens with zero attached hydrogens (tertiary/aromatic N) is 2. The number of halogens is 1. The fourth-order valence-electron chi connectivity index (χ4n) is 5.89. The average molecular weight is 644 g/mol. The molecule has 0 spiro atoms. The van der Waals surface area contributed by atoms with Crippen LogP contribution in [0, 0.1) is 6.92 Å². The maximum absolute atomic E-state index is 12.8. The van der Waals surface area contributed by atoms with E-state index in [1.54, 1.807) is 4.90 Å². The highest BCUT2D eigenvalue weighted by atomic mass is 35.5. The number of fused-ring (bicyclic) bond motifs is 1. The lowest BCUT2D eigenvalue weighted by Gasteiger charge is -2.34. The highest BCUT2D eigenvalue weighted by Crippen LogP contribution is 2.31. The Bertz CT molecular complexity index is 1740. The summed E-state index contributed by atoms with van der Waals surface area (Å²) in [6.07, 6.45) is 4.23. The van der Waals surface area contributed by atoms with Crippen molar-refractivity contribution in [1.29, 1.82) is 0 Å². The molecule has 2 N–H and O–H groups in total. The first kappa shape index (κ1) is 32.8. The second kappa shape index (κ2) is 15.1. The van der Waals surface area contributed by atoms with E-state index in [1.165, 1.54) is 34.9 Å². The Labute approximate surface area is 272 Å². The predicted octanol–water partition coefficient (Wildman–Crippen LogP) is 5.80. The molecule has 3 heterocycles. The largest absolute Gasteiger partial charge is 0.508 e. The molecule has 240 valence electrons. The van der Waals surface area contributed by atoms with Crippen LogP contribution in [0.3, 0.4) is 0 Å². The summed E-state index contributed by atoms with van der Waals surface area (Å²) in [5.74, 6) is -0.660. The van der Waals surface area contributed by atoms with Crippen LogP contribution in [0.15, 0.2) is 82.0 Å². The van der Waals surface area contributed by atoms with Crippen molar-refractivity contribution in [1.82, 2.24) is 15.1 Å². The van der Waals surface area contributed by atoms with Gasteiger partial charge in [0.1, 0.15) is 11.3 Å². The third-order valence-corrected chi connectivity index (χ3v) is 8.72. The molecule has 9 nitrogen and oxygen atoms in total. The molecule has 4 aromatic rings. The second-order valence-electron chi connectivity index (χ2n) is 11.8. The van der Waals surface area contributed by atoms with Crippen LogP contribution in [-0.4, -0.2) is 58.8 Å². The molecule has 1 aromatic heterocycles. The molecule has 0 radical (unpaired) electrons. The number of phenolic OH excluding ortho intramolecular Hbond substituents is 1.